The van der Waals surface area contributed by atoms with Gasteiger partial charge in [0.05, 0.1) is 5.41 Å². The molecule has 0 spiro atoms. The van der Waals surface area contributed by atoms with E-state index >= 15 is 0 Å². The van der Waals surface area contributed by atoms with Crippen LogP contribution in [0.1, 0.15) is 46.0 Å². The van der Waals surface area contributed by atoms with Crippen LogP contribution in [0.5, 0.6) is 0 Å². The van der Waals surface area contributed by atoms with E-state index in [9.17, 15) is 19.5 Å². The Balaban J connectivity index is 2.01. The molecule has 2 rings (SSSR count). The molecule has 1 saturated carbocycles. The molecule has 2 fully saturated rings. The maximum atomic E-state index is 12.1. The lowest BCUT2D eigenvalue weighted by molar-refractivity contribution is -0.145. The molecular formula is C14H22N2O4. The first kappa shape index (κ1) is 15.0. The molecule has 0 aromatic carbocycles. The number of imide groups is 1. The fraction of sp³-hybridized carbons (Fsp3) is 0.786. The Bertz CT molecular complexity index is 460. The quantitative estimate of drug-likeness (QED) is 0.741. The number of carbonyl (C=O) groups is 3. The van der Waals surface area contributed by atoms with Gasteiger partial charge in [-0.05, 0) is 25.2 Å². The van der Waals surface area contributed by atoms with Gasteiger partial charge in [-0.15, -0.1) is 0 Å². The van der Waals surface area contributed by atoms with Crippen molar-refractivity contribution in [2.45, 2.75) is 51.5 Å². The fourth-order valence-electron chi connectivity index (χ4n) is 3.33. The van der Waals surface area contributed by atoms with Crippen molar-refractivity contribution in [3.8, 4) is 0 Å². The molecule has 1 aliphatic carbocycles. The summed E-state index contributed by atoms with van der Waals surface area (Å²) in [6, 6.07) is 0. The van der Waals surface area contributed by atoms with E-state index in [0.717, 1.165) is 12.8 Å². The molecule has 0 aromatic rings. The Kier molecular flexibility index (Phi) is 3.62. The zero-order chi connectivity index (χ0) is 15.1. The smallest absolute Gasteiger partial charge is 0.323 e. The minimum Gasteiger partial charge on any atom is -0.480 e. The SMILES string of the molecule is CC1(C)CC(=O)N(CCC2CCCC2(N)C(=O)O)C1=O. The largest absolute Gasteiger partial charge is 0.480 e. The number of aliphatic carboxylic acids is 1. The van der Waals surface area contributed by atoms with Gasteiger partial charge in [-0.3, -0.25) is 19.3 Å². The van der Waals surface area contributed by atoms with E-state index in [1.165, 1.54) is 4.90 Å². The lowest BCUT2D eigenvalue weighted by Crippen LogP contribution is -2.51. The van der Waals surface area contributed by atoms with E-state index in [0.29, 0.717) is 12.8 Å². The highest BCUT2D eigenvalue weighted by Crippen LogP contribution is 2.38. The molecule has 112 valence electrons. The van der Waals surface area contributed by atoms with Crippen LogP contribution in [0.4, 0.5) is 0 Å². The van der Waals surface area contributed by atoms with Gasteiger partial charge in [0.2, 0.25) is 11.8 Å². The summed E-state index contributed by atoms with van der Waals surface area (Å²) in [6.07, 6.45) is 2.67. The van der Waals surface area contributed by atoms with E-state index in [2.05, 4.69) is 0 Å². The van der Waals surface area contributed by atoms with Crippen molar-refractivity contribution in [3.05, 3.63) is 0 Å². The minimum atomic E-state index is -1.21. The van der Waals surface area contributed by atoms with Crippen LogP contribution in [-0.4, -0.2) is 39.9 Å². The van der Waals surface area contributed by atoms with Crippen LogP contribution < -0.4 is 5.73 Å². The molecule has 2 amide bonds. The monoisotopic (exact) mass is 282 g/mol. The highest BCUT2D eigenvalue weighted by Gasteiger charge is 2.48. The zero-order valence-electron chi connectivity index (χ0n) is 12.0. The minimum absolute atomic E-state index is 0.168. The van der Waals surface area contributed by atoms with E-state index in [1.807, 2.05) is 0 Å². The fourth-order valence-corrected chi connectivity index (χ4v) is 3.33. The van der Waals surface area contributed by atoms with E-state index in [1.54, 1.807) is 13.8 Å². The molecule has 20 heavy (non-hydrogen) atoms. The van der Waals surface area contributed by atoms with E-state index < -0.39 is 16.9 Å². The van der Waals surface area contributed by atoms with Crippen molar-refractivity contribution in [3.63, 3.8) is 0 Å². The van der Waals surface area contributed by atoms with Crippen molar-refractivity contribution >= 4 is 17.8 Å². The van der Waals surface area contributed by atoms with Gasteiger partial charge in [-0.25, -0.2) is 0 Å². The maximum Gasteiger partial charge on any atom is 0.323 e. The average molecular weight is 282 g/mol. The lowest BCUT2D eigenvalue weighted by Gasteiger charge is -2.28. The molecule has 3 N–H and O–H groups in total. The van der Waals surface area contributed by atoms with Crippen LogP contribution in [0.25, 0.3) is 0 Å². The van der Waals surface area contributed by atoms with Crippen molar-refractivity contribution in [1.29, 1.82) is 0 Å². The van der Waals surface area contributed by atoms with E-state index in [4.69, 9.17) is 5.73 Å². The predicted octanol–water partition coefficient (Wildman–Crippen LogP) is 0.744. The van der Waals surface area contributed by atoms with Gasteiger partial charge in [0, 0.05) is 13.0 Å². The Labute approximate surface area is 118 Å². The molecule has 2 aliphatic rings. The normalized spacial score (nSPS) is 33.0. The highest BCUT2D eigenvalue weighted by atomic mass is 16.4. The molecule has 0 aromatic heterocycles. The molecule has 6 heteroatoms. The van der Waals surface area contributed by atoms with Crippen LogP contribution in [-0.2, 0) is 14.4 Å². The number of rotatable bonds is 4. The van der Waals surface area contributed by atoms with Crippen LogP contribution >= 0.6 is 0 Å². The third-order valence-electron chi connectivity index (χ3n) is 4.69. The van der Waals surface area contributed by atoms with E-state index in [-0.39, 0.29) is 30.7 Å². The van der Waals surface area contributed by atoms with Crippen LogP contribution in [0.3, 0.4) is 0 Å². The molecule has 0 bridgehead atoms. The number of carboxylic acids is 1. The van der Waals surface area contributed by atoms with Crippen molar-refractivity contribution in [2.75, 3.05) is 6.54 Å². The number of hydrogen-bond acceptors (Lipinski definition) is 4. The summed E-state index contributed by atoms with van der Waals surface area (Å²) in [5, 5.41) is 9.25. The van der Waals surface area contributed by atoms with Gasteiger partial charge < -0.3 is 10.8 Å². The molecule has 1 aliphatic heterocycles. The predicted molar refractivity (Wildman–Crippen MR) is 71.6 cm³/mol. The summed E-state index contributed by atoms with van der Waals surface area (Å²) in [6.45, 7) is 3.79. The van der Waals surface area contributed by atoms with Crippen molar-refractivity contribution in [2.24, 2.45) is 17.1 Å². The van der Waals surface area contributed by atoms with Crippen LogP contribution in [0.15, 0.2) is 0 Å². The molecule has 2 atom stereocenters. The average Bonchev–Trinajstić information content (AvgIpc) is 2.79. The van der Waals surface area contributed by atoms with Gasteiger partial charge in [0.25, 0.3) is 0 Å². The third kappa shape index (κ3) is 2.32. The second-order valence-corrected chi connectivity index (χ2v) is 6.63. The number of carboxylic acid groups (broad SMARTS) is 1. The number of hydrogen-bond donors (Lipinski definition) is 2. The van der Waals surface area contributed by atoms with Gasteiger partial charge in [-0.2, -0.15) is 0 Å². The highest BCUT2D eigenvalue weighted by molar-refractivity contribution is 6.05. The van der Waals surface area contributed by atoms with Gasteiger partial charge >= 0.3 is 5.97 Å². The topological polar surface area (TPSA) is 101 Å². The van der Waals surface area contributed by atoms with Gasteiger partial charge in [0.15, 0.2) is 0 Å². The van der Waals surface area contributed by atoms with Crippen LogP contribution in [0.2, 0.25) is 0 Å². The van der Waals surface area contributed by atoms with Crippen molar-refractivity contribution in [1.82, 2.24) is 4.90 Å². The molecular weight excluding hydrogens is 260 g/mol. The van der Waals surface area contributed by atoms with Crippen molar-refractivity contribution < 1.29 is 19.5 Å². The number of amides is 2. The standard InChI is InChI=1S/C14H22N2O4/c1-13(2)8-10(17)16(11(13)18)7-5-9-4-3-6-14(9,15)12(19)20/h9H,3-8,15H2,1-2H3,(H,19,20). The molecule has 1 heterocycles. The number of nitrogens with zero attached hydrogens (tertiary/aromatic N) is 1. The lowest BCUT2D eigenvalue weighted by atomic mass is 9.85. The molecule has 2 unspecified atom stereocenters. The zero-order valence-corrected chi connectivity index (χ0v) is 12.0. The number of carbonyl (C=O) groups excluding carboxylic acids is 2. The summed E-state index contributed by atoms with van der Waals surface area (Å²) < 4.78 is 0. The first-order valence-electron chi connectivity index (χ1n) is 7.05. The Hall–Kier alpha value is -1.43. The number of likely N-dealkylation sites (tertiary alicyclic amines) is 1. The molecule has 1 saturated heterocycles. The summed E-state index contributed by atoms with van der Waals surface area (Å²) >= 11 is 0. The summed E-state index contributed by atoms with van der Waals surface area (Å²) in [5.74, 6) is -1.50. The summed E-state index contributed by atoms with van der Waals surface area (Å²) in [4.78, 5) is 36.5. The number of nitrogens with two attached hydrogens (primary N) is 1. The Morgan fingerprint density at radius 2 is 2.10 bits per heavy atom. The maximum absolute atomic E-state index is 12.1. The third-order valence-corrected chi connectivity index (χ3v) is 4.69. The Morgan fingerprint density at radius 3 is 2.60 bits per heavy atom. The second-order valence-electron chi connectivity index (χ2n) is 6.63. The Morgan fingerprint density at radius 1 is 1.45 bits per heavy atom. The molecule has 0 radical (unpaired) electrons. The van der Waals surface area contributed by atoms with Crippen LogP contribution in [0, 0.1) is 11.3 Å². The van der Waals surface area contributed by atoms with Gasteiger partial charge in [0.1, 0.15) is 5.54 Å². The molecule has 6 nitrogen and oxygen atoms in total. The second kappa shape index (κ2) is 4.84. The summed E-state index contributed by atoms with van der Waals surface area (Å²) in [7, 11) is 0. The van der Waals surface area contributed by atoms with Gasteiger partial charge in [-0.1, -0.05) is 20.3 Å². The first-order valence-corrected chi connectivity index (χ1v) is 7.05. The summed E-state index contributed by atoms with van der Waals surface area (Å²) in [5.41, 5.74) is 4.12. The first-order chi connectivity index (χ1) is 9.18.